The van der Waals surface area contributed by atoms with Crippen molar-refractivity contribution >= 4 is 91.0 Å². The summed E-state index contributed by atoms with van der Waals surface area (Å²) < 4.78 is 122. The average molecular weight is 1660 g/mol. The Labute approximate surface area is 716 Å². The largest absolute Gasteiger partial charge is 1.00 e. The van der Waals surface area contributed by atoms with Crippen molar-refractivity contribution in [3.8, 4) is 33.4 Å². The second-order valence-corrected chi connectivity index (χ2v) is 29.8. The maximum absolute atomic E-state index is 15.3. The van der Waals surface area contributed by atoms with E-state index in [9.17, 15) is 55.7 Å². The molecule has 0 saturated carbocycles. The quantitative estimate of drug-likeness (QED) is 0.0392. The summed E-state index contributed by atoms with van der Waals surface area (Å²) in [5.41, 5.74) is 12.2. The molecule has 1 atom stereocenters. The van der Waals surface area contributed by atoms with E-state index in [1.54, 1.807) is 166 Å². The number of esters is 2. The monoisotopic (exact) mass is 1660 g/mol. The molecule has 8 heterocycles. The summed E-state index contributed by atoms with van der Waals surface area (Å²) in [6.45, 7) is 21.3. The van der Waals surface area contributed by atoms with Gasteiger partial charge in [-0.25, -0.2) is 60.1 Å². The van der Waals surface area contributed by atoms with Crippen molar-refractivity contribution in [3.05, 3.63) is 335 Å². The van der Waals surface area contributed by atoms with Crippen molar-refractivity contribution in [3.63, 3.8) is 0 Å². The van der Waals surface area contributed by atoms with Gasteiger partial charge in [-0.1, -0.05) is 84.4 Å². The fourth-order valence-corrected chi connectivity index (χ4v) is 14.4. The fourth-order valence-electron chi connectivity index (χ4n) is 14.2. The number of benzene rings is 7. The molecule has 8 aromatic heterocycles. The first-order valence-electron chi connectivity index (χ1n) is 37.8. The van der Waals surface area contributed by atoms with E-state index in [1.807, 2.05) is 62.8 Å². The molecule has 0 aliphatic carbocycles. The molecule has 15 rings (SSSR count). The number of aliphatic carboxylic acids is 1. The number of H-pyrrole nitrogens is 1. The Morgan fingerprint density at radius 1 is 0.483 bits per heavy atom. The summed E-state index contributed by atoms with van der Waals surface area (Å²) in [4.78, 5) is 66.8. The van der Waals surface area contributed by atoms with Crippen LogP contribution in [0.1, 0.15) is 130 Å². The van der Waals surface area contributed by atoms with Gasteiger partial charge in [-0.2, -0.15) is 0 Å². The zero-order valence-electron chi connectivity index (χ0n) is 69.1. The molecule has 15 aromatic rings. The van der Waals surface area contributed by atoms with Crippen molar-refractivity contribution in [2.45, 2.75) is 121 Å². The number of aromatic nitrogens is 8. The first-order valence-corrected chi connectivity index (χ1v) is 38.2. The number of nitrogens with one attached hydrogen (secondary N) is 1. The van der Waals surface area contributed by atoms with Crippen LogP contribution in [0.4, 0.5) is 30.7 Å². The molecule has 1 unspecified atom stereocenters. The second kappa shape index (κ2) is 39.0. The van der Waals surface area contributed by atoms with Gasteiger partial charge in [0.25, 0.3) is 0 Å². The minimum atomic E-state index is -1.34. The molecule has 17 nitrogen and oxygen atoms in total. The molecular formula is C93H85AlClF7LiN8O9. The van der Waals surface area contributed by atoms with E-state index < -0.39 is 41.2 Å². The number of aromatic amines is 1. The van der Waals surface area contributed by atoms with Crippen LogP contribution in [0, 0.1) is 82.3 Å². The number of ether oxygens (including phenoxy) is 3. The number of aliphatic hydroxyl groups is 1. The number of pyridine rings is 4. The van der Waals surface area contributed by atoms with Crippen molar-refractivity contribution in [2.24, 2.45) is 0 Å². The molecule has 0 aliphatic rings. The predicted octanol–water partition coefficient (Wildman–Crippen LogP) is 17.6. The Morgan fingerprint density at radius 2 is 0.850 bits per heavy atom. The number of halogens is 8. The van der Waals surface area contributed by atoms with Crippen molar-refractivity contribution < 1.29 is 89.8 Å². The summed E-state index contributed by atoms with van der Waals surface area (Å²) in [6.07, 6.45) is 5.94. The van der Waals surface area contributed by atoms with Crippen LogP contribution in [-0.4, -0.2) is 103 Å². The van der Waals surface area contributed by atoms with Crippen LogP contribution >= 0.6 is 11.6 Å². The standard InChI is InChI=1S/C28H28F2N2O3.C24H19ClF2N2O2.C23H20F2N2O.C18H17FN2O3.Al.Li.H/c1-16-6-11-20(22(30)14-16)24-21-12-13-32(15-18-7-9-19(29)10-8-18)26(21)31-17(2)23(24)25(27(33)34)35-28(3,4)5;1-3-31-24(30)21-14(2)28-23-19(22(21)18-9-6-16(25)12-20(18)27)10-11-29(23)13-15-4-7-17(26)8-5-15;1-14-3-8-18(21(25)11-14)22-19-9-10-27(12-16-4-6-17(24)7-5-16)23(19)26-15(2)20(22)13-28;1-3-24-18(23)15-11(2)20-17-14(16(15)22)8-9-21(17)10-12-4-6-13(19)7-5-12;;;/h6-14,25H,15H2,1-5H3,(H,33,34);4-12H,3,13H2,1-2H3;3-11,28H,12-13H2,1-2H3;4-9H,3,10H2,1-2H3,(H,20,22);;;/q;;;;;+1;-1. The van der Waals surface area contributed by atoms with E-state index in [0.717, 1.165) is 38.8 Å². The molecule has 0 saturated heterocycles. The zero-order chi connectivity index (χ0) is 84.7. The van der Waals surface area contributed by atoms with Crippen LogP contribution in [0.2, 0.25) is 5.02 Å². The summed E-state index contributed by atoms with van der Waals surface area (Å²) in [5.74, 6) is -4.89. The number of hydrogen-bond acceptors (Lipinski definition) is 11. The number of fused-ring (bicyclic) bond motifs is 4. The van der Waals surface area contributed by atoms with Gasteiger partial charge in [-0.3, -0.25) is 4.79 Å². The van der Waals surface area contributed by atoms with E-state index in [1.165, 1.54) is 66.7 Å². The zero-order valence-corrected chi connectivity index (χ0v) is 70.0. The van der Waals surface area contributed by atoms with Crippen LogP contribution in [-0.2, 0) is 51.8 Å². The summed E-state index contributed by atoms with van der Waals surface area (Å²) >= 11 is 5.94. The van der Waals surface area contributed by atoms with Crippen molar-refractivity contribution in [2.75, 3.05) is 13.2 Å². The number of aliphatic hydroxyl groups excluding tert-OH is 1. The first-order chi connectivity index (χ1) is 56.3. The molecule has 7 aromatic carbocycles. The molecule has 611 valence electrons. The predicted molar refractivity (Wildman–Crippen MR) is 449 cm³/mol. The molecule has 0 fully saturated rings. The van der Waals surface area contributed by atoms with E-state index in [2.05, 4.69) is 15.0 Å². The van der Waals surface area contributed by atoms with E-state index in [4.69, 9.17) is 30.8 Å². The van der Waals surface area contributed by atoms with Crippen molar-refractivity contribution in [1.82, 2.24) is 38.2 Å². The van der Waals surface area contributed by atoms with Gasteiger partial charge in [0, 0.05) is 151 Å². The molecule has 0 spiro atoms. The number of rotatable bonds is 19. The Bertz CT molecular complexity index is 6350. The molecule has 3 radical (unpaired) electrons. The number of hydrogen-bond donors (Lipinski definition) is 3. The Kier molecular flexibility index (Phi) is 29.5. The Morgan fingerprint density at radius 3 is 1.27 bits per heavy atom. The SMILES string of the molecule is CCOC(=O)c1c(C)[nH]c2c(ccn2Cc2ccc(F)cc2)c1=O.CCOC(=O)c1c(C)nc2c(ccn2Cc2ccc(F)cc2)c1-c1ccc(Cl)cc1F.Cc1ccc(-c2c(C(OC(C)(C)C)C(=O)O)c(C)nc3c2ccn3Cc2ccc(F)cc2)c(F)c1.Cc1ccc(-c2c(CO)c(C)nc3c2ccn3Cc2ccc(F)cc2)c(F)c1.[Al].[H-].[Li+]. The van der Waals surface area contributed by atoms with Crippen LogP contribution < -0.4 is 24.3 Å². The van der Waals surface area contributed by atoms with Crippen LogP contribution in [0.25, 0.3) is 77.5 Å². The van der Waals surface area contributed by atoms with Gasteiger partial charge in [-0.15, -0.1) is 0 Å². The Balaban J connectivity index is 0.000000183. The van der Waals surface area contributed by atoms with Crippen molar-refractivity contribution in [1.29, 1.82) is 0 Å². The van der Waals surface area contributed by atoms with Gasteiger partial charge in [0.1, 0.15) is 68.9 Å². The number of nitrogens with zero attached hydrogens (tertiary/aromatic N) is 7. The summed E-state index contributed by atoms with van der Waals surface area (Å²) in [7, 11) is 0. The summed E-state index contributed by atoms with van der Waals surface area (Å²) in [5, 5.41) is 22.7. The first kappa shape index (κ1) is 90.7. The molecular weight excluding hydrogens is 1580 g/mol. The van der Waals surface area contributed by atoms with E-state index in [-0.39, 0.29) is 119 Å². The number of aryl methyl sites for hydroxylation is 6. The maximum atomic E-state index is 15.3. The number of carbonyl (C=O) groups is 3. The normalized spacial score (nSPS) is 11.4. The Hall–Kier alpha value is -11.6. The number of carboxylic acid groups (broad SMARTS) is 1. The van der Waals surface area contributed by atoms with Gasteiger partial charge < -0.3 is 49.1 Å². The van der Waals surface area contributed by atoms with Crippen LogP contribution in [0.5, 0.6) is 0 Å². The fraction of sp³-hybridized carbons (Fsp3) is 0.215. The molecule has 120 heavy (non-hydrogen) atoms. The van der Waals surface area contributed by atoms with Gasteiger partial charge >= 0.3 is 36.8 Å². The third kappa shape index (κ3) is 20.4. The summed E-state index contributed by atoms with van der Waals surface area (Å²) in [6, 6.07) is 46.3. The molecule has 0 aliphatic heterocycles. The molecule has 27 heteroatoms. The third-order valence-electron chi connectivity index (χ3n) is 19.7. The van der Waals surface area contributed by atoms with Gasteiger partial charge in [-0.05, 0) is 213 Å². The van der Waals surface area contributed by atoms with Crippen LogP contribution in [0.15, 0.2) is 206 Å². The smallest absolute Gasteiger partial charge is 1.00 e. The topological polar surface area (TPSA) is 211 Å². The second-order valence-electron chi connectivity index (χ2n) is 29.3. The van der Waals surface area contributed by atoms with Crippen LogP contribution in [0.3, 0.4) is 0 Å². The average Bonchev–Trinajstić information content (AvgIpc) is 1.71. The van der Waals surface area contributed by atoms with E-state index >= 15 is 4.39 Å². The molecule has 0 amide bonds. The van der Waals surface area contributed by atoms with Gasteiger partial charge in [0.2, 0.25) is 5.43 Å². The third-order valence-corrected chi connectivity index (χ3v) is 19.9. The minimum Gasteiger partial charge on any atom is -1.00 e. The van der Waals surface area contributed by atoms with Gasteiger partial charge in [0.05, 0.1) is 42.1 Å². The number of carboxylic acids is 1. The molecule has 3 N–H and O–H groups in total. The van der Waals surface area contributed by atoms with E-state index in [0.29, 0.717) is 121 Å². The maximum Gasteiger partial charge on any atom is 1.00 e. The minimum absolute atomic E-state index is 0. The molecule has 0 bridgehead atoms. The number of carbonyl (C=O) groups excluding carboxylic acids is 2. The van der Waals surface area contributed by atoms with Gasteiger partial charge in [0.15, 0.2) is 6.10 Å².